The molecule has 0 spiro atoms. The summed E-state index contributed by atoms with van der Waals surface area (Å²) in [6, 6.07) is 13.0. The van der Waals surface area contributed by atoms with Gasteiger partial charge in [-0.15, -0.1) is 0 Å². The van der Waals surface area contributed by atoms with Crippen molar-refractivity contribution in [3.63, 3.8) is 0 Å². The van der Waals surface area contributed by atoms with E-state index in [-0.39, 0.29) is 11.9 Å². The fourth-order valence-corrected chi connectivity index (χ4v) is 2.13. The van der Waals surface area contributed by atoms with Gasteiger partial charge in [-0.1, -0.05) is 43.7 Å². The minimum atomic E-state index is -0.225. The topological polar surface area (TPSA) is 56.0 Å². The normalized spacial score (nSPS) is 11.8. The summed E-state index contributed by atoms with van der Waals surface area (Å²) < 4.78 is 0.631. The van der Waals surface area contributed by atoms with Crippen molar-refractivity contribution >= 4 is 5.91 Å². The highest BCUT2D eigenvalue weighted by Gasteiger charge is 2.16. The van der Waals surface area contributed by atoms with Crippen molar-refractivity contribution in [1.29, 1.82) is 0 Å². The quantitative estimate of drug-likeness (QED) is 0.670. The minimum absolute atomic E-state index is 0.0333. The summed E-state index contributed by atoms with van der Waals surface area (Å²) in [6.45, 7) is 2.08. The molecule has 0 fully saturated rings. The molecule has 0 saturated heterocycles. The molecule has 1 aromatic heterocycles. The Bertz CT molecular complexity index is 570. The van der Waals surface area contributed by atoms with Gasteiger partial charge in [-0.2, -0.15) is 4.73 Å². The molecule has 1 unspecified atom stereocenters. The molecule has 4 heteroatoms. The van der Waals surface area contributed by atoms with Crippen molar-refractivity contribution in [3.05, 3.63) is 71.2 Å². The molecule has 2 aromatic rings. The van der Waals surface area contributed by atoms with E-state index in [0.717, 1.165) is 18.4 Å². The highest BCUT2D eigenvalue weighted by atomic mass is 16.5. The zero-order chi connectivity index (χ0) is 14.4. The molecule has 1 heterocycles. The second-order valence-corrected chi connectivity index (χ2v) is 4.68. The molecule has 1 aromatic carbocycles. The lowest BCUT2D eigenvalue weighted by Gasteiger charge is -2.18. The van der Waals surface area contributed by atoms with E-state index >= 15 is 0 Å². The van der Waals surface area contributed by atoms with Crippen LogP contribution in [0.25, 0.3) is 0 Å². The summed E-state index contributed by atoms with van der Waals surface area (Å²) in [6.07, 6.45) is 4.47. The van der Waals surface area contributed by atoms with Crippen molar-refractivity contribution in [2.75, 3.05) is 0 Å². The van der Waals surface area contributed by atoms with E-state index in [0.29, 0.717) is 10.3 Å². The van der Waals surface area contributed by atoms with Crippen molar-refractivity contribution in [1.82, 2.24) is 5.32 Å². The number of nitrogens with one attached hydrogen (secondary N) is 1. The van der Waals surface area contributed by atoms with Crippen LogP contribution in [-0.4, -0.2) is 5.91 Å². The fraction of sp³-hybridized carbons (Fsp3) is 0.250. The number of rotatable bonds is 5. The van der Waals surface area contributed by atoms with Crippen molar-refractivity contribution in [2.45, 2.75) is 25.8 Å². The molecule has 0 radical (unpaired) electrons. The van der Waals surface area contributed by atoms with Gasteiger partial charge in [-0.05, 0) is 18.1 Å². The average Bonchev–Trinajstić information content (AvgIpc) is 2.47. The van der Waals surface area contributed by atoms with Crippen LogP contribution in [0, 0.1) is 5.21 Å². The van der Waals surface area contributed by atoms with Crippen LogP contribution >= 0.6 is 0 Å². The third-order valence-electron chi connectivity index (χ3n) is 3.12. The largest absolute Gasteiger partial charge is 0.619 e. The number of nitrogens with zero attached hydrogens (tertiary/aromatic N) is 1. The lowest BCUT2D eigenvalue weighted by molar-refractivity contribution is -0.605. The summed E-state index contributed by atoms with van der Waals surface area (Å²) in [5.74, 6) is -0.225. The maximum atomic E-state index is 12.2. The summed E-state index contributed by atoms with van der Waals surface area (Å²) >= 11 is 0. The van der Waals surface area contributed by atoms with E-state index in [9.17, 15) is 10.0 Å². The third kappa shape index (κ3) is 3.57. The first-order valence-electron chi connectivity index (χ1n) is 6.75. The molecule has 0 bridgehead atoms. The number of amides is 1. The monoisotopic (exact) mass is 270 g/mol. The van der Waals surface area contributed by atoms with Gasteiger partial charge in [0.1, 0.15) is 5.56 Å². The highest BCUT2D eigenvalue weighted by molar-refractivity contribution is 5.93. The van der Waals surface area contributed by atoms with Crippen LogP contribution in [0.15, 0.2) is 54.9 Å². The zero-order valence-corrected chi connectivity index (χ0v) is 11.5. The Morgan fingerprint density at radius 3 is 2.65 bits per heavy atom. The number of benzene rings is 1. The lowest BCUT2D eigenvalue weighted by atomic mass is 10.0. The first-order valence-corrected chi connectivity index (χ1v) is 6.75. The number of hydrogen-bond acceptors (Lipinski definition) is 2. The van der Waals surface area contributed by atoms with E-state index in [2.05, 4.69) is 12.2 Å². The van der Waals surface area contributed by atoms with Gasteiger partial charge in [0.05, 0.1) is 6.04 Å². The predicted molar refractivity (Wildman–Crippen MR) is 77.0 cm³/mol. The SMILES string of the molecule is CCCC(NC(=O)c1ccc[n+]([O-])c1)c1ccccc1. The number of hydrogen-bond donors (Lipinski definition) is 1. The molecule has 0 aliphatic carbocycles. The molecule has 4 nitrogen and oxygen atoms in total. The molecule has 1 atom stereocenters. The first kappa shape index (κ1) is 14.1. The van der Waals surface area contributed by atoms with Crippen LogP contribution in [0.3, 0.4) is 0 Å². The number of carbonyl (C=O) groups is 1. The Hall–Kier alpha value is -2.36. The second-order valence-electron chi connectivity index (χ2n) is 4.68. The molecule has 2 rings (SSSR count). The van der Waals surface area contributed by atoms with E-state index < -0.39 is 0 Å². The average molecular weight is 270 g/mol. The van der Waals surface area contributed by atoms with Gasteiger partial charge >= 0.3 is 0 Å². The van der Waals surface area contributed by atoms with E-state index in [1.165, 1.54) is 12.4 Å². The van der Waals surface area contributed by atoms with Crippen molar-refractivity contribution in [3.8, 4) is 0 Å². The smallest absolute Gasteiger partial charge is 0.257 e. The van der Waals surface area contributed by atoms with Crippen LogP contribution < -0.4 is 10.0 Å². The zero-order valence-electron chi connectivity index (χ0n) is 11.5. The maximum Gasteiger partial charge on any atom is 0.257 e. The van der Waals surface area contributed by atoms with Gasteiger partial charge in [0, 0.05) is 6.07 Å². The second kappa shape index (κ2) is 6.70. The molecule has 0 aliphatic heterocycles. The van der Waals surface area contributed by atoms with Crippen LogP contribution in [0.1, 0.15) is 41.7 Å². The first-order chi connectivity index (χ1) is 9.70. The Kier molecular flexibility index (Phi) is 4.71. The van der Waals surface area contributed by atoms with Gasteiger partial charge in [0.15, 0.2) is 12.4 Å². The Labute approximate surface area is 118 Å². The summed E-state index contributed by atoms with van der Waals surface area (Å²) in [5.41, 5.74) is 1.45. The maximum absolute atomic E-state index is 12.2. The summed E-state index contributed by atoms with van der Waals surface area (Å²) in [4.78, 5) is 12.2. The van der Waals surface area contributed by atoms with Crippen LogP contribution in [0.4, 0.5) is 0 Å². The van der Waals surface area contributed by atoms with E-state index in [1.807, 2.05) is 30.3 Å². The van der Waals surface area contributed by atoms with E-state index in [4.69, 9.17) is 0 Å². The molecule has 1 N–H and O–H groups in total. The number of aromatic nitrogens is 1. The standard InChI is InChI=1S/C16H18N2O2/c1-2-7-15(13-8-4-3-5-9-13)17-16(19)14-10-6-11-18(20)12-14/h3-6,8-12,15H,2,7H2,1H3,(H,17,19). The number of carbonyl (C=O) groups excluding carboxylic acids is 1. The summed E-state index contributed by atoms with van der Waals surface area (Å²) in [5, 5.41) is 14.2. The molecular formula is C16H18N2O2. The molecular weight excluding hydrogens is 252 g/mol. The fourth-order valence-electron chi connectivity index (χ4n) is 2.13. The molecule has 0 saturated carbocycles. The van der Waals surface area contributed by atoms with E-state index in [1.54, 1.807) is 12.1 Å². The Morgan fingerprint density at radius 1 is 1.25 bits per heavy atom. The van der Waals surface area contributed by atoms with Crippen LogP contribution in [0.2, 0.25) is 0 Å². The van der Waals surface area contributed by atoms with Gasteiger partial charge in [-0.3, -0.25) is 4.79 Å². The lowest BCUT2D eigenvalue weighted by Crippen LogP contribution is -2.32. The summed E-state index contributed by atoms with van der Waals surface area (Å²) in [7, 11) is 0. The van der Waals surface area contributed by atoms with Crippen LogP contribution in [0.5, 0.6) is 0 Å². The predicted octanol–water partition coefficient (Wildman–Crippen LogP) is 2.59. The van der Waals surface area contributed by atoms with Gasteiger partial charge < -0.3 is 10.5 Å². The molecule has 0 aliphatic rings. The van der Waals surface area contributed by atoms with Gasteiger partial charge in [0.2, 0.25) is 0 Å². The Balaban J connectivity index is 2.14. The molecule has 104 valence electrons. The highest BCUT2D eigenvalue weighted by Crippen LogP contribution is 2.18. The Morgan fingerprint density at radius 2 is 2.00 bits per heavy atom. The van der Waals surface area contributed by atoms with Crippen molar-refractivity contribution < 1.29 is 9.52 Å². The third-order valence-corrected chi connectivity index (χ3v) is 3.12. The van der Waals surface area contributed by atoms with Gasteiger partial charge in [-0.25, -0.2) is 0 Å². The molecule has 1 amide bonds. The van der Waals surface area contributed by atoms with Crippen LogP contribution in [-0.2, 0) is 0 Å². The van der Waals surface area contributed by atoms with Gasteiger partial charge in [0.25, 0.3) is 5.91 Å². The molecule has 20 heavy (non-hydrogen) atoms. The van der Waals surface area contributed by atoms with Crippen molar-refractivity contribution in [2.24, 2.45) is 0 Å². The number of pyridine rings is 1. The minimum Gasteiger partial charge on any atom is -0.619 e.